The van der Waals surface area contributed by atoms with Crippen molar-refractivity contribution in [3.05, 3.63) is 61.4 Å². The first-order valence-electron chi connectivity index (χ1n) is 10.3. The van der Waals surface area contributed by atoms with Gasteiger partial charge in [-0.1, -0.05) is 18.2 Å². The number of carbonyl (C=O) groups is 1. The summed E-state index contributed by atoms with van der Waals surface area (Å²) in [7, 11) is 3.56. The molecule has 32 heavy (non-hydrogen) atoms. The van der Waals surface area contributed by atoms with Crippen LogP contribution in [0.25, 0.3) is 33.6 Å². The minimum absolute atomic E-state index is 0.0352. The third kappa shape index (κ3) is 4.02. The number of aryl methyl sites for hydroxylation is 1. The topological polar surface area (TPSA) is 91.0 Å². The molecule has 0 unspecified atom stereocenters. The lowest BCUT2D eigenvalue weighted by atomic mass is 10.1. The highest BCUT2D eigenvalue weighted by Crippen LogP contribution is 2.25. The van der Waals surface area contributed by atoms with E-state index < -0.39 is 0 Å². The smallest absolute Gasteiger partial charge is 0.244 e. The van der Waals surface area contributed by atoms with Crippen molar-refractivity contribution in [1.29, 1.82) is 0 Å². The first kappa shape index (κ1) is 20.1. The Morgan fingerprint density at radius 3 is 2.41 bits per heavy atom. The van der Waals surface area contributed by atoms with Crippen LogP contribution in [0.15, 0.2) is 61.4 Å². The molecule has 1 fully saturated rings. The second kappa shape index (κ2) is 8.35. The van der Waals surface area contributed by atoms with Crippen molar-refractivity contribution in [2.45, 2.75) is 12.6 Å². The summed E-state index contributed by atoms with van der Waals surface area (Å²) >= 11 is 0. The van der Waals surface area contributed by atoms with Crippen molar-refractivity contribution >= 4 is 5.91 Å². The number of aromatic nitrogens is 6. The van der Waals surface area contributed by atoms with Crippen LogP contribution < -0.4 is 0 Å². The fourth-order valence-electron chi connectivity index (χ4n) is 3.66. The van der Waals surface area contributed by atoms with Crippen LogP contribution in [0, 0.1) is 0 Å². The standard InChI is InChI=1S/C23H23N7O2/c1-28-11-19(9-26-28)16-4-3-5-17(6-16)23-24-7-18(8-25-23)20-10-27-30(12-20)15-22(31)29-13-21(14-29)32-2/h3-12,21H,13-15H2,1-2H3. The summed E-state index contributed by atoms with van der Waals surface area (Å²) in [6.07, 6.45) is 11.1. The van der Waals surface area contributed by atoms with E-state index in [0.717, 1.165) is 27.8 Å². The molecule has 0 spiro atoms. The van der Waals surface area contributed by atoms with Crippen molar-refractivity contribution in [1.82, 2.24) is 34.4 Å². The van der Waals surface area contributed by atoms with E-state index in [-0.39, 0.29) is 18.6 Å². The Hall–Kier alpha value is -3.85. The summed E-state index contributed by atoms with van der Waals surface area (Å²) in [5.41, 5.74) is 4.76. The number of methoxy groups -OCH3 is 1. The molecule has 1 amide bonds. The van der Waals surface area contributed by atoms with E-state index in [0.29, 0.717) is 18.9 Å². The normalized spacial score (nSPS) is 13.9. The van der Waals surface area contributed by atoms with Gasteiger partial charge in [-0.25, -0.2) is 9.97 Å². The van der Waals surface area contributed by atoms with Crippen LogP contribution >= 0.6 is 0 Å². The van der Waals surface area contributed by atoms with Gasteiger partial charge in [0, 0.05) is 74.3 Å². The molecule has 1 aliphatic rings. The lowest BCUT2D eigenvalue weighted by molar-refractivity contribution is -0.143. The number of hydrogen-bond acceptors (Lipinski definition) is 6. The summed E-state index contributed by atoms with van der Waals surface area (Å²) in [6.45, 7) is 1.48. The molecule has 5 rings (SSSR count). The summed E-state index contributed by atoms with van der Waals surface area (Å²) in [6, 6.07) is 8.07. The highest BCUT2D eigenvalue weighted by molar-refractivity contribution is 5.77. The van der Waals surface area contributed by atoms with Gasteiger partial charge >= 0.3 is 0 Å². The number of carbonyl (C=O) groups excluding carboxylic acids is 1. The van der Waals surface area contributed by atoms with Crippen molar-refractivity contribution in [3.63, 3.8) is 0 Å². The van der Waals surface area contributed by atoms with Gasteiger partial charge in [0.05, 0.1) is 18.5 Å². The average molecular weight is 429 g/mol. The zero-order valence-corrected chi connectivity index (χ0v) is 17.9. The highest BCUT2D eigenvalue weighted by atomic mass is 16.5. The molecular weight excluding hydrogens is 406 g/mol. The van der Waals surface area contributed by atoms with Gasteiger partial charge < -0.3 is 9.64 Å². The maximum Gasteiger partial charge on any atom is 0.244 e. The van der Waals surface area contributed by atoms with Gasteiger partial charge in [0.2, 0.25) is 5.91 Å². The van der Waals surface area contributed by atoms with E-state index in [4.69, 9.17) is 4.74 Å². The molecule has 9 heteroatoms. The van der Waals surface area contributed by atoms with E-state index >= 15 is 0 Å². The largest absolute Gasteiger partial charge is 0.378 e. The molecule has 0 radical (unpaired) electrons. The maximum absolute atomic E-state index is 12.3. The molecule has 162 valence electrons. The lowest BCUT2D eigenvalue weighted by Gasteiger charge is -2.38. The summed E-state index contributed by atoms with van der Waals surface area (Å²) in [5.74, 6) is 0.681. The minimum atomic E-state index is 0.0352. The molecule has 4 aromatic rings. The van der Waals surface area contributed by atoms with Gasteiger partial charge in [-0.3, -0.25) is 14.2 Å². The fraction of sp³-hybridized carbons (Fsp3) is 0.261. The van der Waals surface area contributed by atoms with Crippen LogP contribution in [-0.4, -0.2) is 66.6 Å². The molecule has 0 saturated carbocycles. The molecule has 4 heterocycles. The minimum Gasteiger partial charge on any atom is -0.378 e. The monoisotopic (exact) mass is 429 g/mol. The first-order chi connectivity index (χ1) is 15.6. The van der Waals surface area contributed by atoms with Gasteiger partial charge in [0.1, 0.15) is 6.54 Å². The zero-order chi connectivity index (χ0) is 22.1. The second-order valence-electron chi connectivity index (χ2n) is 7.86. The molecule has 0 aliphatic carbocycles. The van der Waals surface area contributed by atoms with Crippen LogP contribution in [0.5, 0.6) is 0 Å². The number of rotatable bonds is 6. The van der Waals surface area contributed by atoms with Crippen LogP contribution in [0.1, 0.15) is 0 Å². The highest BCUT2D eigenvalue weighted by Gasteiger charge is 2.30. The number of likely N-dealkylation sites (tertiary alicyclic amines) is 1. The Kier molecular flexibility index (Phi) is 5.24. The van der Waals surface area contributed by atoms with E-state index in [1.807, 2.05) is 43.8 Å². The van der Waals surface area contributed by atoms with Gasteiger partial charge in [-0.05, 0) is 11.6 Å². The van der Waals surface area contributed by atoms with Crippen LogP contribution in [0.4, 0.5) is 0 Å². The van der Waals surface area contributed by atoms with Gasteiger partial charge in [-0.15, -0.1) is 0 Å². The molecular formula is C23H23N7O2. The third-order valence-electron chi connectivity index (χ3n) is 5.61. The second-order valence-corrected chi connectivity index (χ2v) is 7.86. The van der Waals surface area contributed by atoms with Crippen molar-refractivity contribution in [3.8, 4) is 33.6 Å². The van der Waals surface area contributed by atoms with Gasteiger partial charge in [0.25, 0.3) is 0 Å². The Labute approximate surface area is 185 Å². The molecule has 1 saturated heterocycles. The van der Waals surface area contributed by atoms with E-state index in [2.05, 4.69) is 26.2 Å². The Morgan fingerprint density at radius 2 is 1.69 bits per heavy atom. The van der Waals surface area contributed by atoms with Crippen LogP contribution in [0.3, 0.4) is 0 Å². The zero-order valence-electron chi connectivity index (χ0n) is 17.9. The van der Waals surface area contributed by atoms with E-state index in [9.17, 15) is 4.79 Å². The lowest BCUT2D eigenvalue weighted by Crippen LogP contribution is -2.55. The van der Waals surface area contributed by atoms with E-state index in [1.165, 1.54) is 0 Å². The molecule has 0 atom stereocenters. The van der Waals surface area contributed by atoms with Crippen LogP contribution in [0.2, 0.25) is 0 Å². The molecule has 1 aliphatic heterocycles. The number of ether oxygens (including phenoxy) is 1. The SMILES string of the molecule is COC1CN(C(=O)Cn2cc(-c3cnc(-c4cccc(-c5cnn(C)c5)c4)nc3)cn2)C1. The maximum atomic E-state index is 12.3. The van der Waals surface area contributed by atoms with Gasteiger partial charge in [0.15, 0.2) is 5.82 Å². The molecule has 9 nitrogen and oxygen atoms in total. The third-order valence-corrected chi connectivity index (χ3v) is 5.61. The number of nitrogens with zero attached hydrogens (tertiary/aromatic N) is 7. The molecule has 0 N–H and O–H groups in total. The summed E-state index contributed by atoms with van der Waals surface area (Å²) in [5, 5.41) is 8.55. The molecule has 3 aromatic heterocycles. The van der Waals surface area contributed by atoms with Gasteiger partial charge in [-0.2, -0.15) is 10.2 Å². The number of benzene rings is 1. The number of amides is 1. The fourth-order valence-corrected chi connectivity index (χ4v) is 3.66. The Bertz CT molecular complexity index is 1240. The molecule has 1 aromatic carbocycles. The predicted octanol–water partition coefficient (Wildman–Crippen LogP) is 2.26. The predicted molar refractivity (Wildman–Crippen MR) is 118 cm³/mol. The Morgan fingerprint density at radius 1 is 0.969 bits per heavy atom. The quantitative estimate of drug-likeness (QED) is 0.467. The van der Waals surface area contributed by atoms with Crippen molar-refractivity contribution in [2.24, 2.45) is 7.05 Å². The van der Waals surface area contributed by atoms with E-state index in [1.54, 1.807) is 40.0 Å². The first-order valence-corrected chi connectivity index (χ1v) is 10.3. The summed E-state index contributed by atoms with van der Waals surface area (Å²) in [4.78, 5) is 23.2. The van der Waals surface area contributed by atoms with Crippen molar-refractivity contribution in [2.75, 3.05) is 20.2 Å². The van der Waals surface area contributed by atoms with Crippen LogP contribution in [-0.2, 0) is 23.1 Å². The number of hydrogen-bond donors (Lipinski definition) is 0. The van der Waals surface area contributed by atoms with Crippen molar-refractivity contribution < 1.29 is 9.53 Å². The Balaban J connectivity index is 1.28. The molecule has 0 bridgehead atoms. The average Bonchev–Trinajstić information content (AvgIpc) is 3.42. The summed E-state index contributed by atoms with van der Waals surface area (Å²) < 4.78 is 8.64.